The summed E-state index contributed by atoms with van der Waals surface area (Å²) in [5.74, 6) is -3.88. The van der Waals surface area contributed by atoms with Crippen LogP contribution in [0.5, 0.6) is 0 Å². The smallest absolute Gasteiger partial charge is 0.396 e. The number of carbonyl (C=O) groups excluding carboxylic acids is 1. The van der Waals surface area contributed by atoms with E-state index in [0.717, 1.165) is 4.90 Å². The molecule has 1 heterocycles. The van der Waals surface area contributed by atoms with E-state index in [4.69, 9.17) is 9.84 Å². The highest BCUT2D eigenvalue weighted by atomic mass is 19.4. The molecule has 0 aliphatic carbocycles. The fraction of sp³-hybridized carbons (Fsp3) is 0.467. The Hall–Kier alpha value is -2.09. The van der Waals surface area contributed by atoms with Gasteiger partial charge in [-0.15, -0.1) is 0 Å². The largest absolute Gasteiger partial charge is 0.479 e. The lowest BCUT2D eigenvalue weighted by Crippen LogP contribution is -2.49. The zero-order valence-corrected chi connectivity index (χ0v) is 12.1. The fourth-order valence-electron chi connectivity index (χ4n) is 2.44. The first-order valence-electron chi connectivity index (χ1n) is 7.03. The van der Waals surface area contributed by atoms with Gasteiger partial charge in [-0.05, 0) is 5.56 Å². The van der Waals surface area contributed by atoms with Gasteiger partial charge in [-0.3, -0.25) is 4.79 Å². The van der Waals surface area contributed by atoms with Crippen molar-refractivity contribution in [2.75, 3.05) is 19.7 Å². The lowest BCUT2D eigenvalue weighted by atomic mass is 9.94. The lowest BCUT2D eigenvalue weighted by Gasteiger charge is -2.32. The van der Waals surface area contributed by atoms with Gasteiger partial charge in [0.2, 0.25) is 5.91 Å². The van der Waals surface area contributed by atoms with E-state index >= 15 is 0 Å². The molecule has 0 saturated carbocycles. The Kier molecular flexibility index (Phi) is 5.25. The molecule has 0 unspecified atom stereocenters. The average Bonchev–Trinajstić information content (AvgIpc) is 2.52. The third-order valence-corrected chi connectivity index (χ3v) is 3.67. The number of amides is 1. The summed E-state index contributed by atoms with van der Waals surface area (Å²) in [6, 6.07) is 7.20. The van der Waals surface area contributed by atoms with Crippen molar-refractivity contribution >= 4 is 11.9 Å². The number of halogens is 3. The molecule has 1 fully saturated rings. The predicted molar refractivity (Wildman–Crippen MR) is 73.8 cm³/mol. The molecule has 0 bridgehead atoms. The van der Waals surface area contributed by atoms with Gasteiger partial charge >= 0.3 is 12.1 Å². The molecule has 0 aromatic heterocycles. The van der Waals surface area contributed by atoms with E-state index in [9.17, 15) is 22.8 Å². The standard InChI is InChI=1S/C15H16F3NO4/c16-15(17,18)11(10-4-2-1-3-5-10)8-13(20)19-6-7-23-12(9-19)14(21)22/h1-5,11-12H,6-9H2,(H,21,22)/t11-,12-/m0/s1. The number of morpholine rings is 1. The molecule has 1 aromatic rings. The van der Waals surface area contributed by atoms with Crippen molar-refractivity contribution in [3.05, 3.63) is 35.9 Å². The van der Waals surface area contributed by atoms with Crippen molar-refractivity contribution in [2.45, 2.75) is 24.6 Å². The first-order chi connectivity index (χ1) is 10.8. The molecule has 126 valence electrons. The van der Waals surface area contributed by atoms with E-state index in [2.05, 4.69) is 0 Å². The summed E-state index contributed by atoms with van der Waals surface area (Å²) in [6.07, 6.45) is -6.51. The van der Waals surface area contributed by atoms with Gasteiger partial charge in [-0.2, -0.15) is 13.2 Å². The van der Waals surface area contributed by atoms with Crippen molar-refractivity contribution < 1.29 is 32.6 Å². The molecule has 2 atom stereocenters. The third kappa shape index (κ3) is 4.44. The Labute approximate surface area is 130 Å². The lowest BCUT2D eigenvalue weighted by molar-refractivity contribution is -0.167. The molecular formula is C15H16F3NO4. The van der Waals surface area contributed by atoms with Crippen molar-refractivity contribution in [2.24, 2.45) is 0 Å². The Morgan fingerprint density at radius 2 is 1.96 bits per heavy atom. The van der Waals surface area contributed by atoms with Crippen LogP contribution in [0.3, 0.4) is 0 Å². The van der Waals surface area contributed by atoms with Crippen molar-refractivity contribution in [1.82, 2.24) is 4.90 Å². The highest BCUT2D eigenvalue weighted by Gasteiger charge is 2.43. The van der Waals surface area contributed by atoms with Crippen LogP contribution in [-0.4, -0.2) is 53.9 Å². The second-order valence-electron chi connectivity index (χ2n) is 5.25. The maximum Gasteiger partial charge on any atom is 0.396 e. The first-order valence-corrected chi connectivity index (χ1v) is 7.03. The van der Waals surface area contributed by atoms with Crippen molar-refractivity contribution in [3.63, 3.8) is 0 Å². The fourth-order valence-corrected chi connectivity index (χ4v) is 2.44. The average molecular weight is 331 g/mol. The quantitative estimate of drug-likeness (QED) is 0.917. The number of nitrogens with zero attached hydrogens (tertiary/aromatic N) is 1. The van der Waals surface area contributed by atoms with Gasteiger partial charge in [-0.1, -0.05) is 30.3 Å². The topological polar surface area (TPSA) is 66.8 Å². The molecule has 2 rings (SSSR count). The number of carbonyl (C=O) groups is 2. The Bertz CT molecular complexity index is 562. The molecule has 1 aromatic carbocycles. The SMILES string of the molecule is O=C(O)[C@@H]1CN(C(=O)C[C@@H](c2ccccc2)C(F)(F)F)CCO1. The second kappa shape index (κ2) is 6.99. The van der Waals surface area contributed by atoms with Crippen LogP contribution in [0.25, 0.3) is 0 Å². The maximum atomic E-state index is 13.2. The molecule has 1 aliphatic heterocycles. The van der Waals surface area contributed by atoms with E-state index in [-0.39, 0.29) is 25.3 Å². The van der Waals surface area contributed by atoms with Gasteiger partial charge in [0, 0.05) is 13.0 Å². The number of aliphatic carboxylic acids is 1. The minimum absolute atomic E-state index is 0.00920. The summed E-state index contributed by atoms with van der Waals surface area (Å²) >= 11 is 0. The second-order valence-corrected chi connectivity index (χ2v) is 5.25. The van der Waals surface area contributed by atoms with E-state index in [0.29, 0.717) is 0 Å². The Morgan fingerprint density at radius 3 is 2.52 bits per heavy atom. The van der Waals surface area contributed by atoms with E-state index in [1.807, 2.05) is 0 Å². The summed E-state index contributed by atoms with van der Waals surface area (Å²) in [5.41, 5.74) is 0.0106. The molecule has 5 nitrogen and oxygen atoms in total. The van der Waals surface area contributed by atoms with Crippen LogP contribution in [0.2, 0.25) is 0 Å². The number of alkyl halides is 3. The molecule has 1 saturated heterocycles. The summed E-state index contributed by atoms with van der Waals surface area (Å²) in [5, 5.41) is 8.88. The van der Waals surface area contributed by atoms with Crippen LogP contribution in [0.4, 0.5) is 13.2 Å². The van der Waals surface area contributed by atoms with Gasteiger partial charge in [0.25, 0.3) is 0 Å². The number of carboxylic acids is 1. The maximum absolute atomic E-state index is 13.2. The molecule has 0 spiro atoms. The molecule has 8 heteroatoms. The van der Waals surface area contributed by atoms with Crippen LogP contribution in [0, 0.1) is 0 Å². The molecule has 1 amide bonds. The summed E-state index contributed by atoms with van der Waals surface area (Å²) in [6.45, 7) is -0.166. The summed E-state index contributed by atoms with van der Waals surface area (Å²) in [7, 11) is 0. The Morgan fingerprint density at radius 1 is 1.30 bits per heavy atom. The highest BCUT2D eigenvalue weighted by Crippen LogP contribution is 2.37. The highest BCUT2D eigenvalue weighted by molar-refractivity contribution is 5.79. The summed E-state index contributed by atoms with van der Waals surface area (Å²) < 4.78 is 44.7. The molecule has 23 heavy (non-hydrogen) atoms. The summed E-state index contributed by atoms with van der Waals surface area (Å²) in [4.78, 5) is 24.2. The van der Waals surface area contributed by atoms with Gasteiger partial charge in [0.15, 0.2) is 6.10 Å². The minimum Gasteiger partial charge on any atom is -0.479 e. The molecule has 1 aliphatic rings. The van der Waals surface area contributed by atoms with Crippen LogP contribution in [0.1, 0.15) is 17.9 Å². The molecule has 0 radical (unpaired) electrons. The van der Waals surface area contributed by atoms with E-state index in [1.165, 1.54) is 24.3 Å². The normalized spacial score (nSPS) is 20.1. The number of benzene rings is 1. The number of carboxylic acid groups (broad SMARTS) is 1. The monoisotopic (exact) mass is 331 g/mol. The minimum atomic E-state index is -4.56. The van der Waals surface area contributed by atoms with E-state index < -0.39 is 36.5 Å². The number of ether oxygens (including phenoxy) is 1. The zero-order chi connectivity index (χ0) is 17.0. The van der Waals surface area contributed by atoms with Gasteiger partial charge in [0.1, 0.15) is 0 Å². The molecule has 1 N–H and O–H groups in total. The molecular weight excluding hydrogens is 315 g/mol. The van der Waals surface area contributed by atoms with Gasteiger partial charge in [0.05, 0.1) is 19.1 Å². The van der Waals surface area contributed by atoms with E-state index in [1.54, 1.807) is 6.07 Å². The number of hydrogen-bond donors (Lipinski definition) is 1. The van der Waals surface area contributed by atoms with Crippen LogP contribution in [0.15, 0.2) is 30.3 Å². The number of hydrogen-bond acceptors (Lipinski definition) is 3. The van der Waals surface area contributed by atoms with Crippen molar-refractivity contribution in [1.29, 1.82) is 0 Å². The van der Waals surface area contributed by atoms with Gasteiger partial charge in [-0.25, -0.2) is 4.79 Å². The van der Waals surface area contributed by atoms with Crippen molar-refractivity contribution in [3.8, 4) is 0 Å². The zero-order valence-electron chi connectivity index (χ0n) is 12.1. The van der Waals surface area contributed by atoms with Crippen LogP contribution in [-0.2, 0) is 14.3 Å². The van der Waals surface area contributed by atoms with Crippen LogP contribution < -0.4 is 0 Å². The third-order valence-electron chi connectivity index (χ3n) is 3.67. The Balaban J connectivity index is 2.10. The predicted octanol–water partition coefficient (Wildman–Crippen LogP) is 2.03. The number of rotatable bonds is 4. The van der Waals surface area contributed by atoms with Gasteiger partial charge < -0.3 is 14.7 Å². The van der Waals surface area contributed by atoms with Crippen LogP contribution >= 0.6 is 0 Å². The first kappa shape index (κ1) is 17.3.